The van der Waals surface area contributed by atoms with Gasteiger partial charge in [0.15, 0.2) is 6.10 Å². The lowest BCUT2D eigenvalue weighted by atomic mass is 9.99. The van der Waals surface area contributed by atoms with Gasteiger partial charge in [-0.05, 0) is 16.7 Å². The van der Waals surface area contributed by atoms with Crippen LogP contribution < -0.4 is 5.73 Å². The minimum absolute atomic E-state index is 0.186. The third kappa shape index (κ3) is 3.76. The van der Waals surface area contributed by atoms with Crippen LogP contribution in [0.2, 0.25) is 0 Å². The van der Waals surface area contributed by atoms with E-state index in [0.717, 1.165) is 11.1 Å². The second-order valence-corrected chi connectivity index (χ2v) is 8.40. The summed E-state index contributed by atoms with van der Waals surface area (Å²) >= 11 is 1.44. The SMILES string of the molecule is COCC1=C(C(=O)OC(c2ccccc2)c2ccccc2)N2C(=O)[C@](N)(OC)[C@H]2SC1. The molecule has 2 N–H and O–H groups in total. The van der Waals surface area contributed by atoms with Crippen LogP contribution in [-0.4, -0.2) is 54.5 Å². The van der Waals surface area contributed by atoms with Crippen LogP contribution >= 0.6 is 11.8 Å². The number of fused-ring (bicyclic) bond motifs is 1. The molecule has 4 rings (SSSR count). The Labute approximate surface area is 185 Å². The summed E-state index contributed by atoms with van der Waals surface area (Å²) < 4.78 is 16.5. The van der Waals surface area contributed by atoms with Gasteiger partial charge < -0.3 is 14.2 Å². The molecule has 7 nitrogen and oxygen atoms in total. The molecule has 2 aliphatic heterocycles. The van der Waals surface area contributed by atoms with Crippen molar-refractivity contribution >= 4 is 23.6 Å². The van der Waals surface area contributed by atoms with Crippen molar-refractivity contribution in [3.8, 4) is 0 Å². The van der Waals surface area contributed by atoms with Crippen molar-refractivity contribution < 1.29 is 23.8 Å². The van der Waals surface area contributed by atoms with Gasteiger partial charge >= 0.3 is 5.97 Å². The van der Waals surface area contributed by atoms with Crippen molar-refractivity contribution in [1.29, 1.82) is 0 Å². The largest absolute Gasteiger partial charge is 0.448 e. The van der Waals surface area contributed by atoms with Crippen LogP contribution in [0.4, 0.5) is 0 Å². The van der Waals surface area contributed by atoms with Crippen molar-refractivity contribution in [2.75, 3.05) is 26.6 Å². The van der Waals surface area contributed by atoms with E-state index in [2.05, 4.69) is 0 Å². The van der Waals surface area contributed by atoms with Crippen molar-refractivity contribution in [2.45, 2.75) is 17.2 Å². The summed E-state index contributed by atoms with van der Waals surface area (Å²) in [6.07, 6.45) is -0.624. The second kappa shape index (κ2) is 8.84. The summed E-state index contributed by atoms with van der Waals surface area (Å²) in [5, 5.41) is -0.500. The van der Waals surface area contributed by atoms with E-state index < -0.39 is 29.1 Å². The molecule has 0 aliphatic carbocycles. The first-order valence-corrected chi connectivity index (χ1v) is 10.9. The molecular formula is C23H24N2O5S. The van der Waals surface area contributed by atoms with Gasteiger partial charge in [0.25, 0.3) is 5.91 Å². The first kappa shape index (κ1) is 21.6. The number of carbonyl (C=O) groups is 2. The van der Waals surface area contributed by atoms with Crippen molar-refractivity contribution in [3.63, 3.8) is 0 Å². The second-order valence-electron chi connectivity index (χ2n) is 7.33. The Kier molecular flexibility index (Phi) is 6.15. The van der Waals surface area contributed by atoms with Crippen molar-refractivity contribution in [2.24, 2.45) is 5.73 Å². The number of nitrogens with two attached hydrogens (primary N) is 1. The van der Waals surface area contributed by atoms with E-state index in [0.29, 0.717) is 11.3 Å². The van der Waals surface area contributed by atoms with E-state index in [1.807, 2.05) is 60.7 Å². The van der Waals surface area contributed by atoms with Crippen LogP contribution in [0.3, 0.4) is 0 Å². The fourth-order valence-electron chi connectivity index (χ4n) is 3.82. The molecule has 0 radical (unpaired) electrons. The van der Waals surface area contributed by atoms with E-state index in [1.54, 1.807) is 7.11 Å². The van der Waals surface area contributed by atoms with E-state index in [9.17, 15) is 9.59 Å². The molecule has 1 amide bonds. The molecule has 0 aromatic heterocycles. The number of rotatable bonds is 7. The summed E-state index contributed by atoms with van der Waals surface area (Å²) in [4.78, 5) is 27.7. The smallest absolute Gasteiger partial charge is 0.356 e. The molecule has 2 aromatic rings. The number of carbonyl (C=O) groups excluding carboxylic acids is 2. The molecule has 0 saturated carbocycles. The number of hydrogen-bond donors (Lipinski definition) is 1. The fourth-order valence-corrected chi connectivity index (χ4v) is 5.20. The Morgan fingerprint density at radius 3 is 2.23 bits per heavy atom. The van der Waals surface area contributed by atoms with Gasteiger partial charge in [0.2, 0.25) is 5.72 Å². The number of hydrogen-bond acceptors (Lipinski definition) is 7. The van der Waals surface area contributed by atoms with Crippen LogP contribution in [0.15, 0.2) is 71.9 Å². The number of β-lactam (4-membered cyclic amide) rings is 1. The number of esters is 1. The maximum atomic E-state index is 13.5. The average Bonchev–Trinajstić information content (AvgIpc) is 2.82. The molecule has 162 valence electrons. The van der Waals surface area contributed by atoms with E-state index in [1.165, 1.54) is 23.8 Å². The van der Waals surface area contributed by atoms with Gasteiger partial charge in [-0.1, -0.05) is 60.7 Å². The number of thioether (sulfide) groups is 1. The first-order valence-electron chi connectivity index (χ1n) is 9.82. The summed E-state index contributed by atoms with van der Waals surface area (Å²) in [5.41, 5.74) is 7.20. The number of methoxy groups -OCH3 is 2. The van der Waals surface area contributed by atoms with Crippen LogP contribution in [-0.2, 0) is 23.8 Å². The van der Waals surface area contributed by atoms with Crippen LogP contribution in [0.25, 0.3) is 0 Å². The fraction of sp³-hybridized carbons (Fsp3) is 0.304. The predicted octanol–water partition coefficient (Wildman–Crippen LogP) is 2.44. The Bertz CT molecular complexity index is 958. The number of benzene rings is 2. The third-order valence-corrected chi connectivity index (χ3v) is 6.82. The summed E-state index contributed by atoms with van der Waals surface area (Å²) in [5.74, 6) is -0.582. The molecule has 2 atom stereocenters. The Balaban J connectivity index is 1.69. The highest BCUT2D eigenvalue weighted by Gasteiger charge is 2.63. The molecule has 0 spiro atoms. The zero-order valence-electron chi connectivity index (χ0n) is 17.3. The van der Waals surface area contributed by atoms with Gasteiger partial charge in [-0.2, -0.15) is 0 Å². The molecule has 1 saturated heterocycles. The molecular weight excluding hydrogens is 416 g/mol. The van der Waals surface area contributed by atoms with Crippen LogP contribution in [0.5, 0.6) is 0 Å². The van der Waals surface area contributed by atoms with Gasteiger partial charge in [0, 0.05) is 20.0 Å². The topological polar surface area (TPSA) is 91.1 Å². The minimum atomic E-state index is -1.45. The molecule has 2 heterocycles. The molecule has 31 heavy (non-hydrogen) atoms. The predicted molar refractivity (Wildman–Crippen MR) is 117 cm³/mol. The summed E-state index contributed by atoms with van der Waals surface area (Å²) in [7, 11) is 2.94. The highest BCUT2D eigenvalue weighted by Crippen LogP contribution is 2.46. The number of amides is 1. The minimum Gasteiger partial charge on any atom is -0.448 e. The standard InChI is InChI=1S/C23H24N2O5S/c1-28-13-17-14-31-22-23(24,29-2)21(27)25(22)18(17)20(26)30-19(15-9-5-3-6-10-15)16-11-7-4-8-12-16/h3-12,19,22H,13-14,24H2,1-2H3/t22-,23+/m1/s1. The lowest BCUT2D eigenvalue weighted by molar-refractivity contribution is -0.184. The van der Waals surface area contributed by atoms with Crippen LogP contribution in [0, 0.1) is 0 Å². The summed E-state index contributed by atoms with van der Waals surface area (Å²) in [6, 6.07) is 19.0. The Morgan fingerprint density at radius 1 is 1.13 bits per heavy atom. The van der Waals surface area contributed by atoms with Crippen molar-refractivity contribution in [3.05, 3.63) is 83.1 Å². The average molecular weight is 441 g/mol. The molecule has 2 aliphatic rings. The molecule has 8 heteroatoms. The molecule has 2 aromatic carbocycles. The number of nitrogens with zero attached hydrogens (tertiary/aromatic N) is 1. The molecule has 1 fully saturated rings. The normalized spacial score (nSPS) is 22.9. The van der Waals surface area contributed by atoms with Gasteiger partial charge in [-0.3, -0.25) is 15.4 Å². The third-order valence-electron chi connectivity index (χ3n) is 5.42. The Morgan fingerprint density at radius 2 is 1.71 bits per heavy atom. The maximum absolute atomic E-state index is 13.5. The van der Waals surface area contributed by atoms with Gasteiger partial charge in [0.05, 0.1) is 6.61 Å². The monoisotopic (exact) mass is 440 g/mol. The van der Waals surface area contributed by atoms with E-state index in [4.69, 9.17) is 19.9 Å². The van der Waals surface area contributed by atoms with E-state index >= 15 is 0 Å². The molecule has 0 unspecified atom stereocenters. The zero-order valence-corrected chi connectivity index (χ0v) is 18.1. The van der Waals surface area contributed by atoms with Gasteiger partial charge in [-0.15, -0.1) is 11.8 Å². The number of ether oxygens (including phenoxy) is 3. The van der Waals surface area contributed by atoms with E-state index in [-0.39, 0.29) is 12.3 Å². The highest BCUT2D eigenvalue weighted by atomic mass is 32.2. The van der Waals surface area contributed by atoms with Gasteiger partial charge in [0.1, 0.15) is 11.1 Å². The Hall–Kier alpha value is -2.65. The summed E-state index contributed by atoms with van der Waals surface area (Å²) in [6.45, 7) is 0.208. The quantitative estimate of drug-likeness (QED) is 0.402. The zero-order chi connectivity index (χ0) is 22.0. The lowest BCUT2D eigenvalue weighted by Crippen LogP contribution is -2.78. The maximum Gasteiger partial charge on any atom is 0.356 e. The first-order chi connectivity index (χ1) is 15.0. The van der Waals surface area contributed by atoms with Crippen molar-refractivity contribution in [1.82, 2.24) is 4.90 Å². The molecule has 0 bridgehead atoms. The highest BCUT2D eigenvalue weighted by molar-refractivity contribution is 8.00. The lowest BCUT2D eigenvalue weighted by Gasteiger charge is -2.54. The van der Waals surface area contributed by atoms with Gasteiger partial charge in [-0.25, -0.2) is 4.79 Å². The van der Waals surface area contributed by atoms with Crippen LogP contribution in [0.1, 0.15) is 17.2 Å².